The molecule has 0 amide bonds. The number of fused-ring (bicyclic) bond motifs is 5. The summed E-state index contributed by atoms with van der Waals surface area (Å²) in [6.07, 6.45) is 7.55. The molecule has 2 bridgehead atoms. The summed E-state index contributed by atoms with van der Waals surface area (Å²) in [5.74, 6) is 1.15. The largest absolute Gasteiger partial charge is 0.324 e. The van der Waals surface area contributed by atoms with Crippen LogP contribution in [0.1, 0.15) is 37.0 Å². The topological polar surface area (TPSA) is 77.7 Å². The van der Waals surface area contributed by atoms with E-state index >= 15 is 0 Å². The van der Waals surface area contributed by atoms with E-state index in [0.29, 0.717) is 17.7 Å². The molecule has 3 aromatic heterocycles. The van der Waals surface area contributed by atoms with E-state index in [-0.39, 0.29) is 10.7 Å². The Kier molecular flexibility index (Phi) is 4.48. The van der Waals surface area contributed by atoms with Gasteiger partial charge in [-0.1, -0.05) is 12.1 Å². The molecule has 33 heavy (non-hydrogen) atoms. The minimum atomic E-state index is -3.26. The molecule has 1 fully saturated rings. The van der Waals surface area contributed by atoms with Crippen LogP contribution in [0.4, 0.5) is 4.39 Å². The van der Waals surface area contributed by atoms with Crippen LogP contribution in [0.25, 0.3) is 33.9 Å². The minimum absolute atomic E-state index is 0.275. The first-order valence-corrected chi connectivity index (χ1v) is 12.8. The average molecular weight is 461 g/mol. The van der Waals surface area contributed by atoms with Gasteiger partial charge in [0.15, 0.2) is 9.84 Å². The van der Waals surface area contributed by atoms with E-state index in [0.717, 1.165) is 53.3 Å². The van der Waals surface area contributed by atoms with E-state index in [9.17, 15) is 12.8 Å². The lowest BCUT2D eigenvalue weighted by Crippen LogP contribution is -2.08. The van der Waals surface area contributed by atoms with Gasteiger partial charge < -0.3 is 4.57 Å². The predicted molar refractivity (Wildman–Crippen MR) is 123 cm³/mol. The Morgan fingerprint density at radius 2 is 1.79 bits per heavy atom. The van der Waals surface area contributed by atoms with Crippen molar-refractivity contribution in [2.75, 3.05) is 6.26 Å². The molecule has 0 unspecified atom stereocenters. The van der Waals surface area contributed by atoms with Gasteiger partial charge in [0.05, 0.1) is 28.2 Å². The van der Waals surface area contributed by atoms with E-state index in [1.54, 1.807) is 36.5 Å². The number of rotatable bonds is 4. The highest BCUT2D eigenvalue weighted by Gasteiger charge is 2.41. The summed E-state index contributed by atoms with van der Waals surface area (Å²) in [5.41, 5.74) is 4.90. The SMILES string of the molecule is CS(=O)(=O)c1ccc(-c2cc(-c3c(-c4ccc(F)cn4)nc4n3[C@@H]3CC[C@H]4C3)ccn2)cc1. The molecule has 2 aliphatic rings. The highest BCUT2D eigenvalue weighted by Crippen LogP contribution is 2.52. The molecule has 4 heterocycles. The number of sulfone groups is 1. The van der Waals surface area contributed by atoms with Gasteiger partial charge in [0.25, 0.3) is 0 Å². The third-order valence-corrected chi connectivity index (χ3v) is 7.78. The molecule has 166 valence electrons. The molecule has 1 saturated carbocycles. The number of hydrogen-bond donors (Lipinski definition) is 0. The standard InChI is InChI=1S/C25H21FN4O2S/c1-33(31,32)20-7-3-15(4-8-20)22-13-16(10-11-27-22)24-23(21-9-5-18(26)14-28-21)29-25-17-2-6-19(12-17)30(24)25/h3-5,7-11,13-14,17,19H,2,6,12H2,1H3/t17-,19+/m0/s1. The Labute approximate surface area is 191 Å². The number of halogens is 1. The van der Waals surface area contributed by atoms with Crippen molar-refractivity contribution in [2.45, 2.75) is 36.1 Å². The van der Waals surface area contributed by atoms with Crippen LogP contribution in [0.15, 0.2) is 65.8 Å². The minimum Gasteiger partial charge on any atom is -0.324 e. The summed E-state index contributed by atoms with van der Waals surface area (Å²) in [7, 11) is -3.26. The molecular weight excluding hydrogens is 439 g/mol. The first kappa shape index (κ1) is 20.2. The van der Waals surface area contributed by atoms with Crippen molar-refractivity contribution >= 4 is 9.84 Å². The first-order chi connectivity index (χ1) is 15.9. The molecule has 0 saturated heterocycles. The highest BCUT2D eigenvalue weighted by molar-refractivity contribution is 7.90. The number of hydrogen-bond acceptors (Lipinski definition) is 5. The van der Waals surface area contributed by atoms with Crippen LogP contribution in [0.2, 0.25) is 0 Å². The third-order valence-electron chi connectivity index (χ3n) is 6.66. The second-order valence-corrected chi connectivity index (χ2v) is 10.8. The van der Waals surface area contributed by atoms with Gasteiger partial charge in [-0.2, -0.15) is 0 Å². The van der Waals surface area contributed by atoms with Crippen molar-refractivity contribution < 1.29 is 12.8 Å². The van der Waals surface area contributed by atoms with Crippen molar-refractivity contribution in [3.63, 3.8) is 0 Å². The van der Waals surface area contributed by atoms with Gasteiger partial charge in [-0.15, -0.1) is 0 Å². The quantitative estimate of drug-likeness (QED) is 0.426. The van der Waals surface area contributed by atoms with Crippen molar-refractivity contribution in [2.24, 2.45) is 0 Å². The summed E-state index contributed by atoms with van der Waals surface area (Å²) in [6.45, 7) is 0. The summed E-state index contributed by atoms with van der Waals surface area (Å²) in [6, 6.07) is 14.2. The molecule has 4 aromatic rings. The fourth-order valence-corrected chi connectivity index (χ4v) is 5.74. The van der Waals surface area contributed by atoms with Crippen molar-refractivity contribution in [3.05, 3.63) is 72.6 Å². The molecule has 8 heteroatoms. The van der Waals surface area contributed by atoms with E-state index < -0.39 is 9.84 Å². The smallest absolute Gasteiger partial charge is 0.175 e. The Hall–Kier alpha value is -3.39. The third kappa shape index (κ3) is 3.36. The van der Waals surface area contributed by atoms with E-state index in [1.807, 2.05) is 12.1 Å². The van der Waals surface area contributed by atoms with E-state index in [2.05, 4.69) is 14.5 Å². The van der Waals surface area contributed by atoms with E-state index in [1.165, 1.54) is 18.5 Å². The number of pyridine rings is 2. The molecule has 6 rings (SSSR count). The fourth-order valence-electron chi connectivity index (χ4n) is 5.11. The molecule has 6 nitrogen and oxygen atoms in total. The van der Waals surface area contributed by atoms with Gasteiger partial charge in [0, 0.05) is 35.5 Å². The summed E-state index contributed by atoms with van der Waals surface area (Å²) in [5, 5.41) is 0. The Bertz CT molecular complexity index is 1480. The zero-order valence-electron chi connectivity index (χ0n) is 17.9. The second-order valence-electron chi connectivity index (χ2n) is 8.79. The number of aromatic nitrogens is 4. The Morgan fingerprint density at radius 3 is 2.52 bits per heavy atom. The van der Waals surface area contributed by atoms with Gasteiger partial charge >= 0.3 is 0 Å². The van der Waals surface area contributed by atoms with Crippen LogP contribution in [0.3, 0.4) is 0 Å². The summed E-state index contributed by atoms with van der Waals surface area (Å²) in [4.78, 5) is 14.1. The monoisotopic (exact) mass is 460 g/mol. The Balaban J connectivity index is 1.49. The van der Waals surface area contributed by atoms with Gasteiger partial charge in [-0.05, 0) is 55.7 Å². The van der Waals surface area contributed by atoms with Gasteiger partial charge in [-0.3, -0.25) is 9.97 Å². The molecule has 0 radical (unpaired) electrons. The van der Waals surface area contributed by atoms with Crippen molar-refractivity contribution in [3.8, 4) is 33.9 Å². The first-order valence-electron chi connectivity index (χ1n) is 10.9. The predicted octanol–water partition coefficient (Wildman–Crippen LogP) is 5.04. The molecular formula is C25H21FN4O2S. The second kappa shape index (κ2) is 7.31. The zero-order chi connectivity index (χ0) is 22.7. The molecule has 2 atom stereocenters. The highest BCUT2D eigenvalue weighted by atomic mass is 32.2. The van der Waals surface area contributed by atoms with Gasteiger partial charge in [-0.25, -0.2) is 17.8 Å². The number of imidazole rings is 1. The number of nitrogens with zero attached hydrogens (tertiary/aromatic N) is 4. The Morgan fingerprint density at radius 1 is 0.970 bits per heavy atom. The van der Waals surface area contributed by atoms with Crippen LogP contribution in [0.5, 0.6) is 0 Å². The molecule has 1 aromatic carbocycles. The van der Waals surface area contributed by atoms with Crippen LogP contribution >= 0.6 is 0 Å². The van der Waals surface area contributed by atoms with E-state index in [4.69, 9.17) is 4.98 Å². The number of benzene rings is 1. The van der Waals surface area contributed by atoms with Crippen LogP contribution in [-0.4, -0.2) is 34.2 Å². The van der Waals surface area contributed by atoms with Crippen molar-refractivity contribution in [1.29, 1.82) is 0 Å². The maximum Gasteiger partial charge on any atom is 0.175 e. The van der Waals surface area contributed by atoms with Crippen LogP contribution in [0, 0.1) is 5.82 Å². The van der Waals surface area contributed by atoms with Crippen LogP contribution < -0.4 is 0 Å². The van der Waals surface area contributed by atoms with Gasteiger partial charge in [0.1, 0.15) is 17.3 Å². The van der Waals surface area contributed by atoms with Gasteiger partial charge in [0.2, 0.25) is 0 Å². The van der Waals surface area contributed by atoms with Crippen molar-refractivity contribution in [1.82, 2.24) is 19.5 Å². The summed E-state index contributed by atoms with van der Waals surface area (Å²) < 4.78 is 39.5. The summed E-state index contributed by atoms with van der Waals surface area (Å²) >= 11 is 0. The fraction of sp³-hybridized carbons (Fsp3) is 0.240. The lowest BCUT2D eigenvalue weighted by atomic mass is 10.0. The molecule has 1 aliphatic heterocycles. The maximum atomic E-state index is 13.5. The zero-order valence-corrected chi connectivity index (χ0v) is 18.8. The molecule has 0 N–H and O–H groups in total. The lowest BCUT2D eigenvalue weighted by Gasteiger charge is -2.17. The van der Waals surface area contributed by atoms with Crippen LogP contribution in [-0.2, 0) is 9.84 Å². The molecule has 1 aliphatic carbocycles. The normalized spacial score (nSPS) is 19.1. The maximum absolute atomic E-state index is 13.5. The average Bonchev–Trinajstić information content (AvgIpc) is 3.52. The lowest BCUT2D eigenvalue weighted by molar-refractivity contribution is 0.530. The molecule has 0 spiro atoms.